The molecule has 0 radical (unpaired) electrons. The molecule has 1 aliphatic rings. The molecule has 1 aromatic carbocycles. The van der Waals surface area contributed by atoms with E-state index in [9.17, 15) is 5.11 Å². The third kappa shape index (κ3) is 4.70. The lowest BCUT2D eigenvalue weighted by molar-refractivity contribution is -0.0604. The molecule has 1 N–H and O–H groups in total. The monoisotopic (exact) mass is 456 g/mol. The average molecular weight is 457 g/mol. The van der Waals surface area contributed by atoms with E-state index >= 15 is 0 Å². The maximum Gasteiger partial charge on any atom is 0.242 e. The third-order valence-corrected chi connectivity index (χ3v) is 10.9. The van der Waals surface area contributed by atoms with E-state index in [-0.39, 0.29) is 23.1 Å². The predicted molar refractivity (Wildman–Crippen MR) is 124 cm³/mol. The van der Waals surface area contributed by atoms with Crippen molar-refractivity contribution in [3.63, 3.8) is 0 Å². The van der Waals surface area contributed by atoms with Crippen LogP contribution in [0.5, 0.6) is 5.88 Å². The Kier molecular flexibility index (Phi) is 6.35. The molecule has 0 spiro atoms. The Labute approximate surface area is 189 Å². The van der Waals surface area contributed by atoms with Crippen LogP contribution >= 0.6 is 0 Å². The Balaban J connectivity index is 1.54. The molecule has 1 fully saturated rings. The van der Waals surface area contributed by atoms with Gasteiger partial charge >= 0.3 is 0 Å². The maximum absolute atomic E-state index is 10.1. The van der Waals surface area contributed by atoms with Gasteiger partial charge in [0.25, 0.3) is 0 Å². The van der Waals surface area contributed by atoms with Gasteiger partial charge in [-0.1, -0.05) is 51.1 Å². The van der Waals surface area contributed by atoms with Crippen molar-refractivity contribution < 1.29 is 19.0 Å². The molecule has 32 heavy (non-hydrogen) atoms. The summed E-state index contributed by atoms with van der Waals surface area (Å²) in [6.45, 7) is 12.2. The molecule has 172 valence electrons. The molecular formula is C23H32N4O4Si. The number of rotatable bonds is 7. The quantitative estimate of drug-likeness (QED) is 0.526. The van der Waals surface area contributed by atoms with Gasteiger partial charge in [0.2, 0.25) is 5.88 Å². The summed E-state index contributed by atoms with van der Waals surface area (Å²) in [5.41, 5.74) is 2.01. The minimum absolute atomic E-state index is 0.0664. The van der Waals surface area contributed by atoms with E-state index in [1.54, 1.807) is 6.33 Å². The van der Waals surface area contributed by atoms with E-state index in [1.165, 1.54) is 6.33 Å². The molecular weight excluding hydrogens is 424 g/mol. The van der Waals surface area contributed by atoms with Crippen LogP contribution < -0.4 is 0 Å². The Hall–Kier alpha value is -2.33. The zero-order chi connectivity index (χ0) is 22.9. The van der Waals surface area contributed by atoms with Crippen molar-refractivity contribution in [2.45, 2.75) is 70.4 Å². The van der Waals surface area contributed by atoms with Crippen LogP contribution in [0.4, 0.5) is 0 Å². The molecule has 3 heterocycles. The van der Waals surface area contributed by atoms with E-state index in [4.69, 9.17) is 13.9 Å². The van der Waals surface area contributed by atoms with Crippen LogP contribution in [0.2, 0.25) is 18.1 Å². The first-order valence-electron chi connectivity index (χ1n) is 11.0. The fraction of sp³-hybridized carbons (Fsp3) is 0.522. The summed E-state index contributed by atoms with van der Waals surface area (Å²) >= 11 is 0. The first-order valence-corrected chi connectivity index (χ1v) is 13.9. The van der Waals surface area contributed by atoms with Gasteiger partial charge < -0.3 is 19.0 Å². The lowest BCUT2D eigenvalue weighted by Crippen LogP contribution is -2.45. The number of ether oxygens (including phenoxy) is 2. The molecule has 0 aliphatic carbocycles. The molecule has 1 aliphatic heterocycles. The number of benzene rings is 1. The number of aromatic hydroxyl groups is 1. The minimum atomic E-state index is -2.05. The first-order chi connectivity index (χ1) is 15.2. The zero-order valence-corrected chi connectivity index (χ0v) is 20.4. The summed E-state index contributed by atoms with van der Waals surface area (Å²) in [4.78, 5) is 12.5. The van der Waals surface area contributed by atoms with Crippen molar-refractivity contribution >= 4 is 19.5 Å². The molecule has 4 rings (SSSR count). The topological polar surface area (TPSA) is 91.5 Å². The molecule has 1 unspecified atom stereocenters. The summed E-state index contributed by atoms with van der Waals surface area (Å²) in [6, 6.07) is 10.1. The van der Waals surface area contributed by atoms with E-state index in [2.05, 4.69) is 48.8 Å². The Bertz CT molecular complexity index is 1050. The van der Waals surface area contributed by atoms with Crippen molar-refractivity contribution in [1.29, 1.82) is 0 Å². The number of fused-ring (bicyclic) bond motifs is 1. The number of imidazole rings is 1. The Morgan fingerprint density at radius 2 is 1.91 bits per heavy atom. The number of aromatic nitrogens is 4. The largest absolute Gasteiger partial charge is 0.492 e. The second kappa shape index (κ2) is 8.90. The van der Waals surface area contributed by atoms with Crippen LogP contribution in [0.3, 0.4) is 0 Å². The molecule has 1 saturated heterocycles. The van der Waals surface area contributed by atoms with Crippen molar-refractivity contribution in [2.75, 3.05) is 6.61 Å². The highest BCUT2D eigenvalue weighted by Crippen LogP contribution is 2.42. The Morgan fingerprint density at radius 1 is 1.16 bits per heavy atom. The van der Waals surface area contributed by atoms with Crippen molar-refractivity contribution in [2.24, 2.45) is 0 Å². The summed E-state index contributed by atoms with van der Waals surface area (Å²) in [5.74, 6) is -0.142. The fourth-order valence-electron chi connectivity index (χ4n) is 3.64. The molecule has 9 heteroatoms. The predicted octanol–water partition coefficient (Wildman–Crippen LogP) is 4.43. The highest BCUT2D eigenvalue weighted by Gasteiger charge is 2.45. The highest BCUT2D eigenvalue weighted by molar-refractivity contribution is 6.74. The van der Waals surface area contributed by atoms with Crippen LogP contribution in [0.1, 0.15) is 39.0 Å². The summed E-state index contributed by atoms with van der Waals surface area (Å²) in [7, 11) is -2.05. The first kappa shape index (κ1) is 22.8. The van der Waals surface area contributed by atoms with Gasteiger partial charge in [0.15, 0.2) is 25.7 Å². The molecule has 0 amide bonds. The molecule has 0 saturated carbocycles. The van der Waals surface area contributed by atoms with Crippen LogP contribution in [-0.4, -0.2) is 51.8 Å². The molecule has 3 aromatic rings. The van der Waals surface area contributed by atoms with Gasteiger partial charge in [-0.3, -0.25) is 4.57 Å². The van der Waals surface area contributed by atoms with Crippen molar-refractivity contribution in [3.05, 3.63) is 48.5 Å². The van der Waals surface area contributed by atoms with Crippen LogP contribution in [0, 0.1) is 0 Å². The van der Waals surface area contributed by atoms with Crippen molar-refractivity contribution in [1.82, 2.24) is 19.5 Å². The van der Waals surface area contributed by atoms with Gasteiger partial charge in [-0.15, -0.1) is 0 Å². The van der Waals surface area contributed by atoms with Gasteiger partial charge in [-0.05, 0) is 23.7 Å². The molecule has 2 aromatic heterocycles. The number of nitrogens with zero attached hydrogens (tertiary/aromatic N) is 4. The van der Waals surface area contributed by atoms with Crippen molar-refractivity contribution in [3.8, 4) is 5.88 Å². The fourth-order valence-corrected chi connectivity index (χ4v) is 4.96. The third-order valence-electron chi connectivity index (χ3n) is 6.43. The molecule has 0 bridgehead atoms. The number of hydrogen-bond acceptors (Lipinski definition) is 7. The second-order valence-corrected chi connectivity index (χ2v) is 14.6. The second-order valence-electron chi connectivity index (χ2n) is 9.82. The van der Waals surface area contributed by atoms with Gasteiger partial charge in [0, 0.05) is 6.42 Å². The standard InChI is InChI=1S/C23H32N4O4Si/c1-23(2,3)32(4,5)31-18-11-17(13-29-12-16-9-7-6-8-10-16)30-22(18)27-15-26-19-20(27)24-14-25-21(19)28/h6-10,14-15,17-18,22H,11-13H2,1-5H3,(H,24,25,28)/t17-,18?,22+/m0/s1. The van der Waals surface area contributed by atoms with E-state index in [0.29, 0.717) is 30.8 Å². The lowest BCUT2D eigenvalue weighted by atomic mass is 10.2. The van der Waals surface area contributed by atoms with Crippen LogP contribution in [0.15, 0.2) is 43.0 Å². The van der Waals surface area contributed by atoms with Gasteiger partial charge in [0.1, 0.15) is 6.33 Å². The van der Waals surface area contributed by atoms with Gasteiger partial charge in [-0.25, -0.2) is 9.97 Å². The molecule has 8 nitrogen and oxygen atoms in total. The average Bonchev–Trinajstić information content (AvgIpc) is 3.32. The zero-order valence-electron chi connectivity index (χ0n) is 19.4. The summed E-state index contributed by atoms with van der Waals surface area (Å²) < 4.78 is 21.0. The van der Waals surface area contributed by atoms with Crippen LogP contribution in [0.25, 0.3) is 11.2 Å². The SMILES string of the molecule is CC(C)(C)[Si](C)(C)OC1C[C@@H](COCc2ccccc2)O[C@H]1n1cnc2c(O)ncnc21. The van der Waals surface area contributed by atoms with E-state index in [0.717, 1.165) is 5.56 Å². The summed E-state index contributed by atoms with van der Waals surface area (Å²) in [6.07, 6.45) is 2.98. The smallest absolute Gasteiger partial charge is 0.242 e. The minimum Gasteiger partial charge on any atom is -0.492 e. The van der Waals surface area contributed by atoms with Gasteiger partial charge in [0.05, 0.1) is 31.7 Å². The van der Waals surface area contributed by atoms with E-state index in [1.807, 2.05) is 34.9 Å². The van der Waals surface area contributed by atoms with Crippen LogP contribution in [-0.2, 0) is 20.5 Å². The molecule has 3 atom stereocenters. The Morgan fingerprint density at radius 3 is 2.62 bits per heavy atom. The normalized spacial score (nSPS) is 22.0. The number of hydrogen-bond donors (Lipinski definition) is 1. The summed E-state index contributed by atoms with van der Waals surface area (Å²) in [5, 5.41) is 10.1. The van der Waals surface area contributed by atoms with Gasteiger partial charge in [-0.2, -0.15) is 4.98 Å². The lowest BCUT2D eigenvalue weighted by Gasteiger charge is -2.39. The highest BCUT2D eigenvalue weighted by atomic mass is 28.4. The maximum atomic E-state index is 10.1. The van der Waals surface area contributed by atoms with E-state index < -0.39 is 14.5 Å².